The Morgan fingerprint density at radius 3 is 2.93 bits per heavy atom. The Morgan fingerprint density at radius 2 is 2.19 bits per heavy atom. The smallest absolute Gasteiger partial charge is 0.259 e. The van der Waals surface area contributed by atoms with Crippen LogP contribution in [0, 0.1) is 0 Å². The molecule has 0 saturated heterocycles. The highest BCUT2D eigenvalue weighted by atomic mass is 16.5. The fraction of sp³-hybridized carbons (Fsp3) is 0.429. The van der Waals surface area contributed by atoms with Crippen molar-refractivity contribution in [3.63, 3.8) is 0 Å². The summed E-state index contributed by atoms with van der Waals surface area (Å²) in [5, 5.41) is 13.3. The Morgan fingerprint density at radius 1 is 1.33 bits per heavy atom. The second-order valence-electron chi connectivity index (χ2n) is 7.09. The molecule has 1 atom stereocenters. The molecule has 0 aliphatic carbocycles. The number of amides is 1. The van der Waals surface area contributed by atoms with Crippen molar-refractivity contribution in [2.24, 2.45) is 0 Å². The van der Waals surface area contributed by atoms with Gasteiger partial charge in [-0.3, -0.25) is 9.78 Å². The molecule has 6 nitrogen and oxygen atoms in total. The van der Waals surface area contributed by atoms with E-state index in [0.29, 0.717) is 30.4 Å². The van der Waals surface area contributed by atoms with E-state index in [9.17, 15) is 9.90 Å². The Kier molecular flexibility index (Phi) is 6.42. The van der Waals surface area contributed by atoms with Gasteiger partial charge in [0, 0.05) is 31.5 Å². The fourth-order valence-electron chi connectivity index (χ4n) is 3.20. The average Bonchev–Trinajstić information content (AvgIpc) is 2.70. The number of pyridine rings is 1. The summed E-state index contributed by atoms with van der Waals surface area (Å²) in [6, 6.07) is 9.66. The van der Waals surface area contributed by atoms with Gasteiger partial charge in [-0.1, -0.05) is 26.0 Å². The van der Waals surface area contributed by atoms with Gasteiger partial charge in [0.25, 0.3) is 5.91 Å². The maximum atomic E-state index is 13.0. The van der Waals surface area contributed by atoms with Crippen LogP contribution in [0.2, 0.25) is 0 Å². The third kappa shape index (κ3) is 4.84. The molecule has 0 saturated carbocycles. The first-order valence-electron chi connectivity index (χ1n) is 9.44. The van der Waals surface area contributed by atoms with Crippen molar-refractivity contribution >= 4 is 11.6 Å². The number of aryl methyl sites for hydroxylation is 1. The molecule has 3 rings (SSSR count). The van der Waals surface area contributed by atoms with E-state index in [4.69, 9.17) is 4.74 Å². The van der Waals surface area contributed by atoms with Crippen LogP contribution in [0.15, 0.2) is 42.7 Å². The van der Waals surface area contributed by atoms with Crippen LogP contribution >= 0.6 is 0 Å². The lowest BCUT2D eigenvalue weighted by Crippen LogP contribution is -2.37. The number of aliphatic hydroxyl groups is 1. The zero-order valence-corrected chi connectivity index (χ0v) is 15.9. The monoisotopic (exact) mass is 369 g/mol. The summed E-state index contributed by atoms with van der Waals surface area (Å²) >= 11 is 0. The Labute approximate surface area is 160 Å². The molecule has 2 heterocycles. The first-order chi connectivity index (χ1) is 13.1. The molecule has 1 aromatic carbocycles. The molecule has 2 N–H and O–H groups in total. The third-order valence-corrected chi connectivity index (χ3v) is 4.53. The molecular formula is C21H27N3O3. The normalized spacial score (nSPS) is 14.7. The van der Waals surface area contributed by atoms with Crippen LogP contribution in [0.3, 0.4) is 0 Å². The standard InChI is InChI=1S/C21H27N3O3/c1-15(2)23-13-18(25)14-27-19-9-3-6-16-8-5-11-24(20(16)19)21(26)17-7-4-10-22-12-17/h3-4,6-7,9-10,12,15,18,23,25H,5,8,11,13-14H2,1-2H3. The van der Waals surface area contributed by atoms with Crippen molar-refractivity contribution in [1.82, 2.24) is 10.3 Å². The van der Waals surface area contributed by atoms with Gasteiger partial charge in [0.05, 0.1) is 11.3 Å². The molecule has 2 aromatic rings. The van der Waals surface area contributed by atoms with E-state index < -0.39 is 6.10 Å². The number of nitrogens with zero attached hydrogens (tertiary/aromatic N) is 2. The molecule has 6 heteroatoms. The first-order valence-corrected chi connectivity index (χ1v) is 9.44. The molecule has 1 aliphatic rings. The number of carbonyl (C=O) groups is 1. The lowest BCUT2D eigenvalue weighted by Gasteiger charge is -2.31. The summed E-state index contributed by atoms with van der Waals surface area (Å²) in [4.78, 5) is 18.8. The first kappa shape index (κ1) is 19.3. The van der Waals surface area contributed by atoms with Crippen LogP contribution in [-0.2, 0) is 6.42 Å². The van der Waals surface area contributed by atoms with E-state index in [1.807, 2.05) is 32.0 Å². The number of benzene rings is 1. The zero-order valence-electron chi connectivity index (χ0n) is 15.9. The van der Waals surface area contributed by atoms with Gasteiger partial charge in [0.1, 0.15) is 18.5 Å². The Bertz CT molecular complexity index is 765. The average molecular weight is 369 g/mol. The van der Waals surface area contributed by atoms with Crippen molar-refractivity contribution in [3.8, 4) is 5.75 Å². The molecule has 1 unspecified atom stereocenters. The van der Waals surface area contributed by atoms with Gasteiger partial charge in [0.2, 0.25) is 0 Å². The zero-order chi connectivity index (χ0) is 19.2. The van der Waals surface area contributed by atoms with Gasteiger partial charge in [-0.15, -0.1) is 0 Å². The predicted molar refractivity (Wildman–Crippen MR) is 105 cm³/mol. The number of nitrogens with one attached hydrogen (secondary N) is 1. The van der Waals surface area contributed by atoms with E-state index in [1.54, 1.807) is 29.4 Å². The van der Waals surface area contributed by atoms with Crippen LogP contribution in [0.25, 0.3) is 0 Å². The predicted octanol–water partition coefficient (Wildman–Crippen LogP) is 2.41. The number of anilines is 1. The lowest BCUT2D eigenvalue weighted by atomic mass is 10.00. The third-order valence-electron chi connectivity index (χ3n) is 4.53. The molecule has 0 radical (unpaired) electrons. The summed E-state index contributed by atoms with van der Waals surface area (Å²) in [5.74, 6) is 0.551. The van der Waals surface area contributed by atoms with Crippen LogP contribution in [0.1, 0.15) is 36.2 Å². The molecule has 0 bridgehead atoms. The number of ether oxygens (including phenoxy) is 1. The SMILES string of the molecule is CC(C)NCC(O)COc1cccc2c1N(C(=O)c1cccnc1)CCC2. The van der Waals surface area contributed by atoms with Gasteiger partial charge in [-0.25, -0.2) is 0 Å². The van der Waals surface area contributed by atoms with Gasteiger partial charge >= 0.3 is 0 Å². The van der Waals surface area contributed by atoms with Crippen molar-refractivity contribution in [2.45, 2.75) is 38.8 Å². The van der Waals surface area contributed by atoms with E-state index in [0.717, 1.165) is 24.1 Å². The van der Waals surface area contributed by atoms with Crippen molar-refractivity contribution < 1.29 is 14.6 Å². The summed E-state index contributed by atoms with van der Waals surface area (Å²) in [6.45, 7) is 5.33. The summed E-state index contributed by atoms with van der Waals surface area (Å²) in [6.07, 6.45) is 4.43. The minimum absolute atomic E-state index is 0.0814. The molecule has 0 spiro atoms. The number of hydrogen-bond donors (Lipinski definition) is 2. The second kappa shape index (κ2) is 8.97. The number of fused-ring (bicyclic) bond motifs is 1. The van der Waals surface area contributed by atoms with E-state index in [-0.39, 0.29) is 12.5 Å². The van der Waals surface area contributed by atoms with E-state index in [2.05, 4.69) is 10.3 Å². The van der Waals surface area contributed by atoms with Crippen molar-refractivity contribution in [3.05, 3.63) is 53.9 Å². The highest BCUT2D eigenvalue weighted by Gasteiger charge is 2.27. The highest BCUT2D eigenvalue weighted by Crippen LogP contribution is 2.37. The minimum Gasteiger partial charge on any atom is -0.489 e. The number of rotatable bonds is 7. The molecular weight excluding hydrogens is 342 g/mol. The molecule has 1 amide bonds. The van der Waals surface area contributed by atoms with Crippen molar-refractivity contribution in [1.29, 1.82) is 0 Å². The molecule has 1 aliphatic heterocycles. The lowest BCUT2D eigenvalue weighted by molar-refractivity contribution is 0.0976. The summed E-state index contributed by atoms with van der Waals surface area (Å²) in [7, 11) is 0. The van der Waals surface area contributed by atoms with E-state index >= 15 is 0 Å². The second-order valence-corrected chi connectivity index (χ2v) is 7.09. The minimum atomic E-state index is -0.616. The molecule has 27 heavy (non-hydrogen) atoms. The van der Waals surface area contributed by atoms with Crippen LogP contribution in [0.5, 0.6) is 5.75 Å². The quantitative estimate of drug-likeness (QED) is 0.784. The van der Waals surface area contributed by atoms with Gasteiger partial charge < -0.3 is 20.1 Å². The van der Waals surface area contributed by atoms with Crippen LogP contribution in [-0.4, -0.2) is 47.8 Å². The number of aliphatic hydroxyl groups excluding tert-OH is 1. The fourth-order valence-corrected chi connectivity index (χ4v) is 3.20. The summed E-state index contributed by atoms with van der Waals surface area (Å²) in [5.41, 5.74) is 2.45. The topological polar surface area (TPSA) is 74.7 Å². The number of aromatic nitrogens is 1. The summed E-state index contributed by atoms with van der Waals surface area (Å²) < 4.78 is 5.92. The Hall–Kier alpha value is -2.44. The molecule has 144 valence electrons. The number of carbonyl (C=O) groups excluding carboxylic acids is 1. The highest BCUT2D eigenvalue weighted by molar-refractivity contribution is 6.07. The van der Waals surface area contributed by atoms with Crippen LogP contribution < -0.4 is 15.0 Å². The van der Waals surface area contributed by atoms with Gasteiger partial charge in [-0.05, 0) is 36.6 Å². The maximum Gasteiger partial charge on any atom is 0.259 e. The van der Waals surface area contributed by atoms with E-state index in [1.165, 1.54) is 0 Å². The largest absolute Gasteiger partial charge is 0.489 e. The van der Waals surface area contributed by atoms with Gasteiger partial charge in [-0.2, -0.15) is 0 Å². The molecule has 1 aromatic heterocycles. The number of para-hydroxylation sites is 1. The molecule has 0 fully saturated rings. The maximum absolute atomic E-state index is 13.0. The van der Waals surface area contributed by atoms with Crippen LogP contribution in [0.4, 0.5) is 5.69 Å². The van der Waals surface area contributed by atoms with Crippen molar-refractivity contribution in [2.75, 3.05) is 24.6 Å². The van der Waals surface area contributed by atoms with Gasteiger partial charge in [0.15, 0.2) is 0 Å². The Balaban J connectivity index is 1.79. The number of hydrogen-bond acceptors (Lipinski definition) is 5.